The SMILES string of the molecule is CC(C)C[C@H](NC(=O)c1cc2cc(OCCN3CCOCC3)ccc2o1)C(=O)NC1CCOCC1=O. The molecule has 0 radical (unpaired) electrons. The Morgan fingerprint density at radius 3 is 2.69 bits per heavy atom. The molecule has 1 aromatic heterocycles. The highest BCUT2D eigenvalue weighted by Crippen LogP contribution is 2.25. The average molecular weight is 502 g/mol. The number of fused-ring (bicyclic) bond motifs is 1. The van der Waals surface area contributed by atoms with Crippen molar-refractivity contribution in [2.45, 2.75) is 38.8 Å². The summed E-state index contributed by atoms with van der Waals surface area (Å²) in [4.78, 5) is 40.2. The normalized spacial score (nSPS) is 19.9. The number of hydrogen-bond acceptors (Lipinski definition) is 8. The number of ketones is 1. The Balaban J connectivity index is 1.36. The summed E-state index contributed by atoms with van der Waals surface area (Å²) in [7, 11) is 0. The smallest absolute Gasteiger partial charge is 0.287 e. The maximum Gasteiger partial charge on any atom is 0.287 e. The van der Waals surface area contributed by atoms with Crippen LogP contribution in [0.2, 0.25) is 0 Å². The summed E-state index contributed by atoms with van der Waals surface area (Å²) in [6.45, 7) is 9.02. The Kier molecular flexibility index (Phi) is 8.95. The highest BCUT2D eigenvalue weighted by atomic mass is 16.5. The lowest BCUT2D eigenvalue weighted by Crippen LogP contribution is -2.53. The summed E-state index contributed by atoms with van der Waals surface area (Å²) in [5.41, 5.74) is 0.554. The Bertz CT molecular complexity index is 1060. The van der Waals surface area contributed by atoms with E-state index in [0.29, 0.717) is 37.4 Å². The van der Waals surface area contributed by atoms with Crippen molar-refractivity contribution in [3.05, 3.63) is 30.0 Å². The molecule has 0 aliphatic carbocycles. The fraction of sp³-hybridized carbons (Fsp3) is 0.577. The van der Waals surface area contributed by atoms with Crippen LogP contribution < -0.4 is 15.4 Å². The van der Waals surface area contributed by atoms with E-state index < -0.39 is 18.0 Å². The molecule has 2 aliphatic heterocycles. The second-order valence-corrected chi connectivity index (χ2v) is 9.64. The topological polar surface area (TPSA) is 119 Å². The van der Waals surface area contributed by atoms with Crippen LogP contribution in [-0.4, -0.2) is 87.2 Å². The molecular weight excluding hydrogens is 466 g/mol. The van der Waals surface area contributed by atoms with Crippen LogP contribution in [0.3, 0.4) is 0 Å². The molecule has 2 N–H and O–H groups in total. The van der Waals surface area contributed by atoms with Gasteiger partial charge in [0.15, 0.2) is 11.5 Å². The fourth-order valence-corrected chi connectivity index (χ4v) is 4.33. The van der Waals surface area contributed by atoms with Crippen LogP contribution in [0.25, 0.3) is 11.0 Å². The predicted molar refractivity (Wildman–Crippen MR) is 132 cm³/mol. The number of Topliss-reactive ketones (excluding diaryl/α,β-unsaturated/α-hetero) is 1. The molecule has 2 fully saturated rings. The van der Waals surface area contributed by atoms with Crippen LogP contribution in [0.5, 0.6) is 5.75 Å². The van der Waals surface area contributed by atoms with Gasteiger partial charge < -0.3 is 29.3 Å². The minimum atomic E-state index is -0.791. The van der Waals surface area contributed by atoms with E-state index in [1.165, 1.54) is 0 Å². The summed E-state index contributed by atoms with van der Waals surface area (Å²) >= 11 is 0. The van der Waals surface area contributed by atoms with Crippen LogP contribution in [0.15, 0.2) is 28.7 Å². The monoisotopic (exact) mass is 501 g/mol. The molecule has 2 aliphatic rings. The molecule has 10 heteroatoms. The molecule has 2 amide bonds. The highest BCUT2D eigenvalue weighted by Gasteiger charge is 2.30. The molecule has 3 heterocycles. The largest absolute Gasteiger partial charge is 0.492 e. The molecular formula is C26H35N3O7. The van der Waals surface area contributed by atoms with Gasteiger partial charge in [0.2, 0.25) is 5.91 Å². The zero-order chi connectivity index (χ0) is 25.5. The first-order valence-corrected chi connectivity index (χ1v) is 12.6. The number of carbonyl (C=O) groups is 3. The number of nitrogens with zero attached hydrogens (tertiary/aromatic N) is 1. The van der Waals surface area contributed by atoms with Gasteiger partial charge in [-0.2, -0.15) is 0 Å². The minimum Gasteiger partial charge on any atom is -0.492 e. The van der Waals surface area contributed by atoms with Gasteiger partial charge in [-0.1, -0.05) is 13.8 Å². The maximum atomic E-state index is 13.0. The van der Waals surface area contributed by atoms with Crippen molar-refractivity contribution in [1.29, 1.82) is 0 Å². The van der Waals surface area contributed by atoms with E-state index in [-0.39, 0.29) is 30.0 Å². The minimum absolute atomic E-state index is 0.00986. The van der Waals surface area contributed by atoms with E-state index in [2.05, 4.69) is 15.5 Å². The van der Waals surface area contributed by atoms with Crippen molar-refractivity contribution in [2.24, 2.45) is 5.92 Å². The lowest BCUT2D eigenvalue weighted by atomic mass is 10.0. The Labute approximate surface area is 210 Å². The van der Waals surface area contributed by atoms with Crippen LogP contribution >= 0.6 is 0 Å². The number of rotatable bonds is 10. The lowest BCUT2D eigenvalue weighted by molar-refractivity contribution is -0.134. The Morgan fingerprint density at radius 1 is 1.14 bits per heavy atom. The third-order valence-electron chi connectivity index (χ3n) is 6.32. The van der Waals surface area contributed by atoms with Gasteiger partial charge in [-0.15, -0.1) is 0 Å². The maximum absolute atomic E-state index is 13.0. The fourth-order valence-electron chi connectivity index (χ4n) is 4.33. The third kappa shape index (κ3) is 7.05. The summed E-state index contributed by atoms with van der Waals surface area (Å²) in [5.74, 6) is -0.0749. The third-order valence-corrected chi connectivity index (χ3v) is 6.32. The van der Waals surface area contributed by atoms with E-state index in [0.717, 1.165) is 38.2 Å². The number of amides is 2. The molecule has 1 aromatic carbocycles. The average Bonchev–Trinajstić information content (AvgIpc) is 3.29. The molecule has 1 unspecified atom stereocenters. The Morgan fingerprint density at radius 2 is 1.94 bits per heavy atom. The van der Waals surface area contributed by atoms with E-state index >= 15 is 0 Å². The molecule has 2 aromatic rings. The number of furan rings is 1. The number of carbonyl (C=O) groups excluding carboxylic acids is 3. The first-order chi connectivity index (χ1) is 17.4. The first kappa shape index (κ1) is 26.1. The molecule has 2 atom stereocenters. The van der Waals surface area contributed by atoms with Crippen molar-refractivity contribution in [3.8, 4) is 5.75 Å². The summed E-state index contributed by atoms with van der Waals surface area (Å²) < 4.78 is 22.1. The van der Waals surface area contributed by atoms with Crippen LogP contribution in [0, 0.1) is 5.92 Å². The molecule has 10 nitrogen and oxygen atoms in total. The van der Waals surface area contributed by atoms with Crippen LogP contribution in [-0.2, 0) is 19.1 Å². The van der Waals surface area contributed by atoms with E-state index in [4.69, 9.17) is 18.6 Å². The van der Waals surface area contributed by atoms with Crippen molar-refractivity contribution in [3.63, 3.8) is 0 Å². The van der Waals surface area contributed by atoms with E-state index in [9.17, 15) is 14.4 Å². The summed E-state index contributed by atoms with van der Waals surface area (Å²) in [6.07, 6.45) is 0.851. The number of ether oxygens (including phenoxy) is 3. The predicted octanol–water partition coefficient (Wildman–Crippen LogP) is 1.76. The zero-order valence-corrected chi connectivity index (χ0v) is 20.9. The lowest BCUT2D eigenvalue weighted by Gasteiger charge is -2.26. The van der Waals surface area contributed by atoms with E-state index in [1.807, 2.05) is 26.0 Å². The molecule has 4 rings (SSSR count). The standard InChI is InChI=1S/C26H35N3O7/c1-17(2)13-21(25(31)27-20-5-9-34-16-22(20)30)28-26(32)24-15-18-14-19(3-4-23(18)36-24)35-12-8-29-6-10-33-11-7-29/h3-4,14-15,17,20-21H,5-13,16H2,1-2H3,(H,27,31)(H,28,32)/t20?,21-/m0/s1. The van der Waals surface area contributed by atoms with Crippen molar-refractivity contribution < 1.29 is 33.0 Å². The first-order valence-electron chi connectivity index (χ1n) is 12.6. The van der Waals surface area contributed by atoms with Gasteiger partial charge in [0.05, 0.1) is 19.3 Å². The molecule has 0 spiro atoms. The van der Waals surface area contributed by atoms with Gasteiger partial charge in [0.25, 0.3) is 5.91 Å². The van der Waals surface area contributed by atoms with Crippen LogP contribution in [0.1, 0.15) is 37.2 Å². The summed E-state index contributed by atoms with van der Waals surface area (Å²) in [6, 6.07) is 5.68. The quantitative estimate of drug-likeness (QED) is 0.506. The Hall–Kier alpha value is -2.95. The number of morpholine rings is 1. The van der Waals surface area contributed by atoms with Gasteiger partial charge in [-0.25, -0.2) is 0 Å². The van der Waals surface area contributed by atoms with Gasteiger partial charge in [-0.3, -0.25) is 19.3 Å². The second kappa shape index (κ2) is 12.3. The second-order valence-electron chi connectivity index (χ2n) is 9.64. The molecule has 0 bridgehead atoms. The van der Waals surface area contributed by atoms with Gasteiger partial charge in [0, 0.05) is 31.6 Å². The number of benzene rings is 1. The van der Waals surface area contributed by atoms with Crippen molar-refractivity contribution >= 4 is 28.6 Å². The zero-order valence-electron chi connectivity index (χ0n) is 20.9. The van der Waals surface area contributed by atoms with Crippen LogP contribution in [0.4, 0.5) is 0 Å². The van der Waals surface area contributed by atoms with Gasteiger partial charge >= 0.3 is 0 Å². The van der Waals surface area contributed by atoms with Gasteiger partial charge in [-0.05, 0) is 43.0 Å². The molecule has 196 valence electrons. The van der Waals surface area contributed by atoms with Crippen molar-refractivity contribution in [1.82, 2.24) is 15.5 Å². The number of hydrogen-bond donors (Lipinski definition) is 2. The van der Waals surface area contributed by atoms with Gasteiger partial charge in [0.1, 0.15) is 30.6 Å². The number of nitrogens with one attached hydrogen (secondary N) is 2. The molecule has 2 saturated heterocycles. The van der Waals surface area contributed by atoms with E-state index in [1.54, 1.807) is 12.1 Å². The van der Waals surface area contributed by atoms with Crippen molar-refractivity contribution in [2.75, 3.05) is 52.7 Å². The summed E-state index contributed by atoms with van der Waals surface area (Å²) in [5, 5.41) is 6.29. The molecule has 36 heavy (non-hydrogen) atoms. The molecule has 0 saturated carbocycles. The highest BCUT2D eigenvalue weighted by molar-refractivity contribution is 5.99.